The van der Waals surface area contributed by atoms with Gasteiger partial charge in [-0.1, -0.05) is 39.3 Å². The number of likely N-dealkylation sites (tertiary alicyclic amines) is 1. The third-order valence-electron chi connectivity index (χ3n) is 6.53. The summed E-state index contributed by atoms with van der Waals surface area (Å²) in [5.74, 6) is -2.60. The van der Waals surface area contributed by atoms with Crippen LogP contribution in [0.25, 0.3) is 0 Å². The van der Waals surface area contributed by atoms with Gasteiger partial charge in [-0.05, 0) is 39.0 Å². The Balaban J connectivity index is 2.47. The van der Waals surface area contributed by atoms with E-state index in [1.54, 1.807) is 6.92 Å². The zero-order valence-electron chi connectivity index (χ0n) is 19.0. The zero-order chi connectivity index (χ0) is 22.4. The SMILES string of the molecule is CCCC(C)NC(=O)[C@@H]1[C@H]2C=C[C@@H](CC)[C@@H](C(=O)OCC)[C@H]2C(=O)N1[C@@H](CC)CO. The van der Waals surface area contributed by atoms with Crippen LogP contribution in [-0.4, -0.2) is 59.1 Å². The Morgan fingerprint density at radius 1 is 1.23 bits per heavy atom. The van der Waals surface area contributed by atoms with Gasteiger partial charge >= 0.3 is 5.97 Å². The van der Waals surface area contributed by atoms with Crippen LogP contribution in [-0.2, 0) is 19.1 Å². The first-order valence-electron chi connectivity index (χ1n) is 11.4. The highest BCUT2D eigenvalue weighted by Gasteiger charge is 2.58. The molecule has 0 spiro atoms. The van der Waals surface area contributed by atoms with Gasteiger partial charge in [-0.25, -0.2) is 0 Å². The number of hydrogen-bond acceptors (Lipinski definition) is 5. The Morgan fingerprint density at radius 3 is 2.47 bits per heavy atom. The average molecular weight is 423 g/mol. The van der Waals surface area contributed by atoms with E-state index in [1.165, 1.54) is 4.90 Å². The normalized spacial score (nSPS) is 30.0. The van der Waals surface area contributed by atoms with Crippen molar-refractivity contribution in [3.63, 3.8) is 0 Å². The van der Waals surface area contributed by atoms with Gasteiger partial charge in [0.15, 0.2) is 0 Å². The third-order valence-corrected chi connectivity index (χ3v) is 6.53. The standard InChI is InChI=1S/C23H38N2O5/c1-6-10-14(5)24-21(27)20-17-12-11-15(7-2)18(23(29)30-9-4)19(17)22(28)25(20)16(8-3)13-26/h11-12,14-20,26H,6-10,13H2,1-5H3,(H,24,27)/t14?,15-,16+,17+,18-,19+,20+/m1/s1. The highest BCUT2D eigenvalue weighted by atomic mass is 16.5. The largest absolute Gasteiger partial charge is 0.466 e. The first-order chi connectivity index (χ1) is 14.4. The van der Waals surface area contributed by atoms with Crippen LogP contribution in [0.2, 0.25) is 0 Å². The zero-order valence-corrected chi connectivity index (χ0v) is 19.0. The minimum absolute atomic E-state index is 0.00970. The minimum Gasteiger partial charge on any atom is -0.466 e. The number of aliphatic hydroxyl groups excluding tert-OH is 1. The monoisotopic (exact) mass is 422 g/mol. The van der Waals surface area contributed by atoms with E-state index in [0.29, 0.717) is 12.8 Å². The molecular weight excluding hydrogens is 384 g/mol. The van der Waals surface area contributed by atoms with Crippen molar-refractivity contribution in [3.05, 3.63) is 12.2 Å². The van der Waals surface area contributed by atoms with Gasteiger partial charge in [0.2, 0.25) is 11.8 Å². The highest BCUT2D eigenvalue weighted by molar-refractivity contribution is 5.96. The fraction of sp³-hybridized carbons (Fsp3) is 0.783. The van der Waals surface area contributed by atoms with Gasteiger partial charge in [-0.15, -0.1) is 0 Å². The smallest absolute Gasteiger partial charge is 0.310 e. The number of ether oxygens (including phenoxy) is 1. The number of amides is 2. The molecule has 2 amide bonds. The maximum absolute atomic E-state index is 13.6. The minimum atomic E-state index is -0.732. The van der Waals surface area contributed by atoms with Crippen LogP contribution in [0.5, 0.6) is 0 Å². The van der Waals surface area contributed by atoms with Gasteiger partial charge in [0.25, 0.3) is 0 Å². The van der Waals surface area contributed by atoms with E-state index in [4.69, 9.17) is 4.74 Å². The molecule has 0 aromatic carbocycles. The third kappa shape index (κ3) is 4.71. The van der Waals surface area contributed by atoms with Gasteiger partial charge in [-0.3, -0.25) is 14.4 Å². The molecule has 7 heteroatoms. The van der Waals surface area contributed by atoms with Crippen LogP contribution < -0.4 is 5.32 Å². The topological polar surface area (TPSA) is 95.9 Å². The first-order valence-corrected chi connectivity index (χ1v) is 11.4. The predicted molar refractivity (Wildman–Crippen MR) is 114 cm³/mol. The highest BCUT2D eigenvalue weighted by Crippen LogP contribution is 2.46. The lowest BCUT2D eigenvalue weighted by Gasteiger charge is -2.34. The van der Waals surface area contributed by atoms with Gasteiger partial charge in [0.05, 0.1) is 31.1 Å². The molecule has 1 fully saturated rings. The molecule has 7 atom stereocenters. The molecule has 0 aromatic rings. The van der Waals surface area contributed by atoms with Crippen molar-refractivity contribution >= 4 is 17.8 Å². The van der Waals surface area contributed by atoms with Crippen molar-refractivity contribution in [1.82, 2.24) is 10.2 Å². The van der Waals surface area contributed by atoms with Crippen molar-refractivity contribution in [1.29, 1.82) is 0 Å². The lowest BCUT2D eigenvalue weighted by Crippen LogP contribution is -2.53. The van der Waals surface area contributed by atoms with E-state index in [0.717, 1.165) is 12.8 Å². The number of nitrogens with zero attached hydrogens (tertiary/aromatic N) is 1. The Morgan fingerprint density at radius 2 is 1.93 bits per heavy atom. The molecule has 0 aromatic heterocycles. The summed E-state index contributed by atoms with van der Waals surface area (Å²) >= 11 is 0. The number of esters is 1. The number of allylic oxidation sites excluding steroid dienone is 1. The van der Waals surface area contributed by atoms with E-state index in [1.807, 2.05) is 32.9 Å². The molecule has 0 radical (unpaired) electrons. The fourth-order valence-corrected chi connectivity index (χ4v) is 5.04. The summed E-state index contributed by atoms with van der Waals surface area (Å²) in [5.41, 5.74) is 0. The molecule has 2 rings (SSSR count). The number of fused-ring (bicyclic) bond motifs is 1. The average Bonchev–Trinajstić information content (AvgIpc) is 3.01. The Labute approximate surface area is 180 Å². The maximum atomic E-state index is 13.6. The molecule has 0 bridgehead atoms. The number of hydrogen-bond donors (Lipinski definition) is 2. The Hall–Kier alpha value is -1.89. The molecule has 170 valence electrons. The van der Waals surface area contributed by atoms with Crippen LogP contribution in [0.3, 0.4) is 0 Å². The molecule has 2 N–H and O–H groups in total. The van der Waals surface area contributed by atoms with Crippen LogP contribution >= 0.6 is 0 Å². The van der Waals surface area contributed by atoms with E-state index in [9.17, 15) is 19.5 Å². The second-order valence-electron chi connectivity index (χ2n) is 8.47. The van der Waals surface area contributed by atoms with Crippen molar-refractivity contribution in [3.8, 4) is 0 Å². The molecule has 1 unspecified atom stereocenters. The lowest BCUT2D eigenvalue weighted by molar-refractivity contribution is -0.156. The molecule has 1 saturated heterocycles. The lowest BCUT2D eigenvalue weighted by atomic mass is 9.69. The van der Waals surface area contributed by atoms with Gasteiger partial charge in [0.1, 0.15) is 6.04 Å². The molecule has 2 aliphatic rings. The van der Waals surface area contributed by atoms with Crippen LogP contribution in [0.4, 0.5) is 0 Å². The molecule has 0 saturated carbocycles. The van der Waals surface area contributed by atoms with E-state index >= 15 is 0 Å². The Bertz CT molecular complexity index is 646. The molecular formula is C23H38N2O5. The van der Waals surface area contributed by atoms with Gasteiger partial charge in [-0.2, -0.15) is 0 Å². The van der Waals surface area contributed by atoms with E-state index in [-0.39, 0.29) is 43.0 Å². The van der Waals surface area contributed by atoms with E-state index < -0.39 is 29.8 Å². The quantitative estimate of drug-likeness (QED) is 0.416. The van der Waals surface area contributed by atoms with Crippen LogP contribution in [0.15, 0.2) is 12.2 Å². The van der Waals surface area contributed by atoms with Crippen LogP contribution in [0.1, 0.15) is 60.3 Å². The fourth-order valence-electron chi connectivity index (χ4n) is 5.04. The summed E-state index contributed by atoms with van der Waals surface area (Å²) in [7, 11) is 0. The van der Waals surface area contributed by atoms with Crippen molar-refractivity contribution in [2.24, 2.45) is 23.7 Å². The predicted octanol–water partition coefficient (Wildman–Crippen LogP) is 2.28. The summed E-state index contributed by atoms with van der Waals surface area (Å²) in [5, 5.41) is 13.0. The summed E-state index contributed by atoms with van der Waals surface area (Å²) in [4.78, 5) is 41.3. The summed E-state index contributed by atoms with van der Waals surface area (Å²) in [6.45, 7) is 9.66. The maximum Gasteiger partial charge on any atom is 0.310 e. The van der Waals surface area contributed by atoms with Crippen molar-refractivity contribution in [2.45, 2.75) is 78.4 Å². The van der Waals surface area contributed by atoms with Crippen molar-refractivity contribution < 1.29 is 24.2 Å². The number of aliphatic hydroxyl groups is 1. The first kappa shape index (κ1) is 24.4. The number of carbonyl (C=O) groups excluding carboxylic acids is 3. The summed E-state index contributed by atoms with van der Waals surface area (Å²) in [6.07, 6.45) is 6.93. The molecule has 7 nitrogen and oxygen atoms in total. The number of rotatable bonds is 10. The molecule has 30 heavy (non-hydrogen) atoms. The second kappa shape index (κ2) is 10.9. The number of carbonyl (C=O) groups is 3. The van der Waals surface area contributed by atoms with Gasteiger partial charge < -0.3 is 20.1 Å². The number of nitrogens with one attached hydrogen (secondary N) is 1. The second-order valence-corrected chi connectivity index (χ2v) is 8.47. The molecule has 1 heterocycles. The van der Waals surface area contributed by atoms with E-state index in [2.05, 4.69) is 12.2 Å². The Kier molecular flexibility index (Phi) is 8.89. The summed E-state index contributed by atoms with van der Waals surface area (Å²) < 4.78 is 5.32. The van der Waals surface area contributed by atoms with Gasteiger partial charge in [0, 0.05) is 12.0 Å². The summed E-state index contributed by atoms with van der Waals surface area (Å²) in [6, 6.07) is -1.20. The van der Waals surface area contributed by atoms with Crippen LogP contribution in [0, 0.1) is 23.7 Å². The molecule has 1 aliphatic carbocycles. The molecule has 1 aliphatic heterocycles. The van der Waals surface area contributed by atoms with Crippen molar-refractivity contribution in [2.75, 3.05) is 13.2 Å².